The van der Waals surface area contributed by atoms with Gasteiger partial charge in [0.15, 0.2) is 21.7 Å². The first-order chi connectivity index (χ1) is 13.2. The molecule has 0 N–H and O–H groups in total. The van der Waals surface area contributed by atoms with Crippen molar-refractivity contribution in [2.24, 2.45) is 7.05 Å². The number of aryl methyl sites for hydroxylation is 1. The molecule has 0 unspecified atom stereocenters. The van der Waals surface area contributed by atoms with E-state index in [1.165, 1.54) is 11.8 Å². The molecule has 142 valence electrons. The topological polar surface area (TPSA) is 65.6 Å². The molecule has 0 bridgehead atoms. The van der Waals surface area contributed by atoms with Gasteiger partial charge in [-0.1, -0.05) is 12.1 Å². The lowest BCUT2D eigenvalue weighted by molar-refractivity contribution is 0.183. The first-order valence-electron chi connectivity index (χ1n) is 8.84. The van der Waals surface area contributed by atoms with Crippen LogP contribution in [0.3, 0.4) is 0 Å². The number of methoxy groups -OCH3 is 1. The van der Waals surface area contributed by atoms with Crippen molar-refractivity contribution in [2.45, 2.75) is 29.8 Å². The molecule has 1 aliphatic heterocycles. The quantitative estimate of drug-likeness (QED) is 0.666. The molecule has 3 heterocycles. The molecule has 0 aliphatic carbocycles. The number of hydrogen-bond donors (Lipinski definition) is 0. The van der Waals surface area contributed by atoms with E-state index >= 15 is 0 Å². The zero-order valence-corrected chi connectivity index (χ0v) is 16.2. The fourth-order valence-corrected chi connectivity index (χ4v) is 3.84. The summed E-state index contributed by atoms with van der Waals surface area (Å²) in [6.07, 6.45) is 2.64. The summed E-state index contributed by atoms with van der Waals surface area (Å²) in [5.74, 6) is 2.57. The number of nitrogens with zero attached hydrogens (tertiary/aromatic N) is 4. The molecule has 1 aromatic carbocycles. The summed E-state index contributed by atoms with van der Waals surface area (Å²) >= 11 is 1.47. The summed E-state index contributed by atoms with van der Waals surface area (Å²) in [6, 6.07) is 10.0. The highest BCUT2D eigenvalue weighted by Gasteiger charge is 2.18. The Bertz CT molecular complexity index is 908. The molecule has 2 aromatic heterocycles. The Hall–Kier alpha value is -2.45. The summed E-state index contributed by atoms with van der Waals surface area (Å²) in [5.41, 5.74) is 1.13. The monoisotopic (exact) mass is 386 g/mol. The van der Waals surface area contributed by atoms with E-state index in [1.807, 2.05) is 35.9 Å². The molecule has 7 nitrogen and oxygen atoms in total. The van der Waals surface area contributed by atoms with Crippen LogP contribution in [-0.4, -0.2) is 39.9 Å². The predicted molar refractivity (Wildman–Crippen MR) is 101 cm³/mol. The molecule has 4 rings (SSSR count). The normalized spacial score (nSPS) is 14.9. The lowest BCUT2D eigenvalue weighted by Crippen LogP contribution is -2.27. The van der Waals surface area contributed by atoms with Crippen molar-refractivity contribution in [1.29, 1.82) is 0 Å². The Morgan fingerprint density at radius 1 is 1.26 bits per heavy atom. The predicted octanol–water partition coefficient (Wildman–Crippen LogP) is 3.35. The molecule has 0 saturated carbocycles. The third-order valence-corrected chi connectivity index (χ3v) is 5.39. The number of benzene rings is 1. The van der Waals surface area contributed by atoms with E-state index in [4.69, 9.17) is 13.9 Å². The molecule has 8 heteroatoms. The van der Waals surface area contributed by atoms with E-state index in [-0.39, 0.29) is 0 Å². The minimum absolute atomic E-state index is 0.676. The zero-order valence-electron chi connectivity index (χ0n) is 15.4. The summed E-state index contributed by atoms with van der Waals surface area (Å²) in [7, 11) is 3.59. The van der Waals surface area contributed by atoms with Gasteiger partial charge >= 0.3 is 0 Å². The van der Waals surface area contributed by atoms with Gasteiger partial charge < -0.3 is 18.5 Å². The van der Waals surface area contributed by atoms with E-state index in [0.717, 1.165) is 59.1 Å². The maximum Gasteiger partial charge on any atom is 0.198 e. The van der Waals surface area contributed by atoms with Crippen molar-refractivity contribution >= 4 is 11.8 Å². The largest absolute Gasteiger partial charge is 0.493 e. The second-order valence-corrected chi connectivity index (χ2v) is 7.38. The molecule has 0 saturated heterocycles. The molecular formula is C19H22N4O3S. The molecule has 0 atom stereocenters. The van der Waals surface area contributed by atoms with E-state index in [0.29, 0.717) is 6.61 Å². The Balaban J connectivity index is 1.47. The van der Waals surface area contributed by atoms with Gasteiger partial charge in [0.2, 0.25) is 0 Å². The molecule has 1 aliphatic rings. The van der Waals surface area contributed by atoms with Gasteiger partial charge in [-0.05, 0) is 36.4 Å². The first kappa shape index (κ1) is 17.9. The number of hydrogen-bond acceptors (Lipinski definition) is 7. The Kier molecular flexibility index (Phi) is 5.35. The Morgan fingerprint density at radius 2 is 2.19 bits per heavy atom. The van der Waals surface area contributed by atoms with Crippen LogP contribution in [0.1, 0.15) is 17.7 Å². The molecule has 0 spiro atoms. The minimum atomic E-state index is 0.676. The highest BCUT2D eigenvalue weighted by Crippen LogP contribution is 2.34. The fourth-order valence-electron chi connectivity index (χ4n) is 3.10. The van der Waals surface area contributed by atoms with Gasteiger partial charge in [0.1, 0.15) is 12.1 Å². The smallest absolute Gasteiger partial charge is 0.198 e. The summed E-state index contributed by atoms with van der Waals surface area (Å²) in [6.45, 7) is 3.16. The van der Waals surface area contributed by atoms with Gasteiger partial charge in [-0.2, -0.15) is 0 Å². The van der Waals surface area contributed by atoms with Crippen LogP contribution in [-0.2, 0) is 20.1 Å². The first-order valence-corrected chi connectivity index (χ1v) is 9.66. The lowest BCUT2D eigenvalue weighted by Gasteiger charge is -2.26. The summed E-state index contributed by atoms with van der Waals surface area (Å²) < 4.78 is 19.3. The molecule has 27 heavy (non-hydrogen) atoms. The van der Waals surface area contributed by atoms with E-state index in [9.17, 15) is 0 Å². The van der Waals surface area contributed by atoms with E-state index < -0.39 is 0 Å². The highest BCUT2D eigenvalue weighted by molar-refractivity contribution is 7.99. The standard InChI is InChI=1S/C19H22N4O3S/c1-22-13-20-21-19(22)27-17-8-7-15(26-17)12-23-9-4-10-25-18-14(11-23)5-3-6-16(18)24-2/h3,5-8,13H,4,9-12H2,1-2H3. The molecule has 3 aromatic rings. The average molecular weight is 386 g/mol. The number of furan rings is 1. The van der Waals surface area contributed by atoms with Gasteiger partial charge in [-0.3, -0.25) is 4.90 Å². The zero-order chi connectivity index (χ0) is 18.6. The van der Waals surface area contributed by atoms with Crippen LogP contribution in [0, 0.1) is 0 Å². The second-order valence-electron chi connectivity index (χ2n) is 6.41. The van der Waals surface area contributed by atoms with Crippen LogP contribution in [0.15, 0.2) is 51.3 Å². The van der Waals surface area contributed by atoms with Crippen molar-refractivity contribution in [3.05, 3.63) is 48.0 Å². The number of para-hydroxylation sites is 1. The second kappa shape index (κ2) is 8.06. The van der Waals surface area contributed by atoms with Crippen molar-refractivity contribution < 1.29 is 13.9 Å². The number of aromatic nitrogens is 3. The molecule has 0 radical (unpaired) electrons. The third kappa shape index (κ3) is 4.12. The Labute approximate surface area is 162 Å². The maximum atomic E-state index is 6.00. The number of rotatable bonds is 5. The van der Waals surface area contributed by atoms with Crippen LogP contribution >= 0.6 is 11.8 Å². The van der Waals surface area contributed by atoms with Gasteiger partial charge in [-0.15, -0.1) is 10.2 Å². The lowest BCUT2D eigenvalue weighted by atomic mass is 10.1. The maximum absolute atomic E-state index is 6.00. The highest BCUT2D eigenvalue weighted by atomic mass is 32.2. The van der Waals surface area contributed by atoms with Crippen LogP contribution in [0.2, 0.25) is 0 Å². The van der Waals surface area contributed by atoms with E-state index in [1.54, 1.807) is 13.4 Å². The summed E-state index contributed by atoms with van der Waals surface area (Å²) in [5, 5.41) is 9.60. The van der Waals surface area contributed by atoms with Crippen molar-refractivity contribution in [3.8, 4) is 11.5 Å². The van der Waals surface area contributed by atoms with Crippen LogP contribution in [0.4, 0.5) is 0 Å². The molecule has 0 amide bonds. The number of ether oxygens (including phenoxy) is 2. The third-order valence-electron chi connectivity index (χ3n) is 4.42. The van der Waals surface area contributed by atoms with Crippen LogP contribution in [0.5, 0.6) is 11.5 Å². The minimum Gasteiger partial charge on any atom is -0.493 e. The average Bonchev–Trinajstić information content (AvgIpc) is 3.26. The molecule has 0 fully saturated rings. The van der Waals surface area contributed by atoms with Crippen molar-refractivity contribution in [3.63, 3.8) is 0 Å². The number of fused-ring (bicyclic) bond motifs is 1. The fraction of sp³-hybridized carbons (Fsp3) is 0.368. The van der Waals surface area contributed by atoms with Gasteiger partial charge in [0.05, 0.1) is 20.3 Å². The van der Waals surface area contributed by atoms with Crippen LogP contribution in [0.25, 0.3) is 0 Å². The van der Waals surface area contributed by atoms with Crippen LogP contribution < -0.4 is 9.47 Å². The van der Waals surface area contributed by atoms with Crippen molar-refractivity contribution in [2.75, 3.05) is 20.3 Å². The Morgan fingerprint density at radius 3 is 3.00 bits per heavy atom. The van der Waals surface area contributed by atoms with Gasteiger partial charge in [0.25, 0.3) is 0 Å². The van der Waals surface area contributed by atoms with E-state index in [2.05, 4.69) is 21.2 Å². The molecular weight excluding hydrogens is 364 g/mol. The van der Waals surface area contributed by atoms with Crippen molar-refractivity contribution in [1.82, 2.24) is 19.7 Å². The van der Waals surface area contributed by atoms with Gasteiger partial charge in [-0.25, -0.2) is 0 Å². The van der Waals surface area contributed by atoms with Gasteiger partial charge in [0, 0.05) is 25.7 Å². The SMILES string of the molecule is COc1cccc2c1OCCCN(Cc1ccc(Sc3nncn3C)o1)C2. The summed E-state index contributed by atoms with van der Waals surface area (Å²) in [4.78, 5) is 2.37.